The van der Waals surface area contributed by atoms with E-state index in [-0.39, 0.29) is 12.6 Å². The molecule has 1 saturated carbocycles. The van der Waals surface area contributed by atoms with Crippen molar-refractivity contribution < 1.29 is 23.7 Å². The molecule has 1 aliphatic heterocycles. The fraction of sp³-hybridized carbons (Fsp3) is 0.500. The summed E-state index contributed by atoms with van der Waals surface area (Å²) >= 11 is 4.87. The number of aryl methyl sites for hydroxylation is 1. The fourth-order valence-electron chi connectivity index (χ4n) is 5.04. The van der Waals surface area contributed by atoms with Gasteiger partial charge in [0.15, 0.2) is 0 Å². The first-order chi connectivity index (χ1) is 17.8. The van der Waals surface area contributed by atoms with Crippen molar-refractivity contribution in [1.82, 2.24) is 9.13 Å². The molecule has 37 heavy (non-hydrogen) atoms. The second-order valence-electron chi connectivity index (χ2n) is 9.42. The third-order valence-corrected chi connectivity index (χ3v) is 9.41. The molecule has 0 bridgehead atoms. The van der Waals surface area contributed by atoms with Gasteiger partial charge < -0.3 is 18.9 Å². The van der Waals surface area contributed by atoms with Gasteiger partial charge in [-0.05, 0) is 60.2 Å². The van der Waals surface area contributed by atoms with Gasteiger partial charge in [0.05, 0.1) is 36.0 Å². The molecule has 5 rings (SSSR count). The van der Waals surface area contributed by atoms with Crippen LogP contribution in [0, 0.1) is 6.92 Å². The summed E-state index contributed by atoms with van der Waals surface area (Å²) in [6.45, 7) is 3.18. The van der Waals surface area contributed by atoms with E-state index >= 15 is 0 Å². The molecule has 9 nitrogen and oxygen atoms in total. The molecule has 3 aromatic rings. The Labute approximate surface area is 226 Å². The van der Waals surface area contributed by atoms with Crippen LogP contribution in [0.15, 0.2) is 37.6 Å². The fourth-order valence-corrected chi connectivity index (χ4v) is 6.73. The number of para-hydroxylation sites is 1. The Morgan fingerprint density at radius 1 is 1.22 bits per heavy atom. The molecule has 2 fully saturated rings. The molecular formula is C26H29BrN2O7S. The Bertz CT molecular complexity index is 1450. The quantitative estimate of drug-likeness (QED) is 0.366. The molecule has 11 heteroatoms. The predicted octanol–water partition coefficient (Wildman–Crippen LogP) is 3.90. The second-order valence-corrected chi connectivity index (χ2v) is 11.7. The summed E-state index contributed by atoms with van der Waals surface area (Å²) in [5.41, 5.74) is -0.771. The number of nitrogens with zero attached hydrogens (tertiary/aromatic N) is 2. The molecule has 1 aliphatic carbocycles. The van der Waals surface area contributed by atoms with Crippen LogP contribution in [0.3, 0.4) is 0 Å². The third kappa shape index (κ3) is 4.56. The highest BCUT2D eigenvalue weighted by Crippen LogP contribution is 2.44. The van der Waals surface area contributed by atoms with Gasteiger partial charge in [0.2, 0.25) is 0 Å². The summed E-state index contributed by atoms with van der Waals surface area (Å²) in [4.78, 5) is 41.0. The molecule has 0 spiro atoms. The van der Waals surface area contributed by atoms with Crippen LogP contribution in [0.1, 0.15) is 42.9 Å². The first-order valence-corrected chi connectivity index (χ1v) is 13.8. The van der Waals surface area contributed by atoms with Gasteiger partial charge in [-0.25, -0.2) is 14.2 Å². The maximum Gasteiger partial charge on any atom is 0.333 e. The molecule has 1 saturated heterocycles. The molecule has 3 heterocycles. The lowest BCUT2D eigenvalue weighted by Gasteiger charge is -2.29. The molecule has 1 unspecified atom stereocenters. The van der Waals surface area contributed by atoms with Crippen molar-refractivity contribution in [3.8, 4) is 5.75 Å². The highest BCUT2D eigenvalue weighted by Gasteiger charge is 2.55. The van der Waals surface area contributed by atoms with Crippen molar-refractivity contribution in [3.05, 3.63) is 60.0 Å². The van der Waals surface area contributed by atoms with Gasteiger partial charge in [-0.1, -0.05) is 18.2 Å². The molecule has 198 valence electrons. The predicted molar refractivity (Wildman–Crippen MR) is 143 cm³/mol. The normalized spacial score (nSPS) is 18.1. The average Bonchev–Trinajstić information content (AvgIpc) is 3.65. The number of methoxy groups -OCH3 is 2. The van der Waals surface area contributed by atoms with E-state index in [9.17, 15) is 14.4 Å². The number of thiophene rings is 1. The molecule has 1 aromatic carbocycles. The summed E-state index contributed by atoms with van der Waals surface area (Å²) in [6.07, 6.45) is 1.64. The van der Waals surface area contributed by atoms with E-state index in [1.54, 1.807) is 11.7 Å². The van der Waals surface area contributed by atoms with Gasteiger partial charge in [0, 0.05) is 18.8 Å². The van der Waals surface area contributed by atoms with E-state index in [1.807, 2.05) is 31.2 Å². The number of halogens is 1. The zero-order valence-corrected chi connectivity index (χ0v) is 23.4. The number of ether oxygens (including phenoxy) is 4. The number of carbonyl (C=O) groups is 1. The van der Waals surface area contributed by atoms with E-state index < -0.39 is 28.9 Å². The van der Waals surface area contributed by atoms with Gasteiger partial charge in [-0.2, -0.15) is 0 Å². The Morgan fingerprint density at radius 2 is 1.92 bits per heavy atom. The van der Waals surface area contributed by atoms with Crippen molar-refractivity contribution in [3.63, 3.8) is 0 Å². The van der Waals surface area contributed by atoms with Crippen LogP contribution in [-0.4, -0.2) is 48.6 Å². The van der Waals surface area contributed by atoms with E-state index in [0.29, 0.717) is 42.0 Å². The van der Waals surface area contributed by atoms with Crippen LogP contribution in [0.5, 0.6) is 5.75 Å². The van der Waals surface area contributed by atoms with Crippen molar-refractivity contribution in [1.29, 1.82) is 0 Å². The number of esters is 1. The highest BCUT2D eigenvalue weighted by atomic mass is 79.9. The molecule has 0 radical (unpaired) electrons. The van der Waals surface area contributed by atoms with Gasteiger partial charge in [-0.3, -0.25) is 9.36 Å². The second kappa shape index (κ2) is 10.4. The Kier molecular flexibility index (Phi) is 7.32. The monoisotopic (exact) mass is 592 g/mol. The lowest BCUT2D eigenvalue weighted by Crippen LogP contribution is -2.49. The van der Waals surface area contributed by atoms with Crippen molar-refractivity contribution in [2.45, 2.75) is 56.9 Å². The largest absolute Gasteiger partial charge is 0.496 e. The first kappa shape index (κ1) is 26.1. The highest BCUT2D eigenvalue weighted by molar-refractivity contribution is 9.11. The Hall–Kier alpha value is -2.47. The van der Waals surface area contributed by atoms with Crippen LogP contribution >= 0.6 is 27.3 Å². The van der Waals surface area contributed by atoms with Crippen LogP contribution in [0.25, 0.3) is 10.2 Å². The van der Waals surface area contributed by atoms with Gasteiger partial charge in [0.25, 0.3) is 5.56 Å². The lowest BCUT2D eigenvalue weighted by molar-refractivity contribution is -0.146. The van der Waals surface area contributed by atoms with Gasteiger partial charge in [-0.15, -0.1) is 11.3 Å². The number of benzene rings is 1. The topological polar surface area (TPSA) is 98.0 Å². The number of carbonyl (C=O) groups excluding carboxylic acids is 1. The zero-order valence-electron chi connectivity index (χ0n) is 21.0. The minimum Gasteiger partial charge on any atom is -0.496 e. The first-order valence-electron chi connectivity index (χ1n) is 12.2. The van der Waals surface area contributed by atoms with E-state index in [4.69, 9.17) is 18.9 Å². The minimum atomic E-state index is -1.28. The molecule has 2 aliphatic rings. The van der Waals surface area contributed by atoms with Crippen LogP contribution in [0.4, 0.5) is 0 Å². The SMILES string of the molecule is COC(=O)C1(n2c(=O)c3c(C)c(Br)sc3n(CC(OC3CCOCC3)c3ccccc3OC)c2=O)CC1. The molecule has 2 aromatic heterocycles. The van der Waals surface area contributed by atoms with Crippen molar-refractivity contribution >= 4 is 43.5 Å². The summed E-state index contributed by atoms with van der Waals surface area (Å²) in [7, 11) is 2.87. The summed E-state index contributed by atoms with van der Waals surface area (Å²) < 4.78 is 26.2. The van der Waals surface area contributed by atoms with Crippen LogP contribution < -0.4 is 16.0 Å². The lowest BCUT2D eigenvalue weighted by atomic mass is 10.1. The number of aromatic nitrogens is 2. The molecule has 1 atom stereocenters. The van der Waals surface area contributed by atoms with E-state index in [1.165, 1.54) is 18.4 Å². The van der Waals surface area contributed by atoms with Crippen molar-refractivity contribution in [2.24, 2.45) is 0 Å². The van der Waals surface area contributed by atoms with Crippen LogP contribution in [-0.2, 0) is 31.1 Å². The Balaban J connectivity index is 1.69. The minimum absolute atomic E-state index is 0.0533. The maximum absolute atomic E-state index is 14.0. The molecular weight excluding hydrogens is 564 g/mol. The van der Waals surface area contributed by atoms with Crippen molar-refractivity contribution in [2.75, 3.05) is 27.4 Å². The summed E-state index contributed by atoms with van der Waals surface area (Å²) in [6, 6.07) is 7.57. The molecule has 0 amide bonds. The summed E-state index contributed by atoms with van der Waals surface area (Å²) in [5.74, 6) is 0.0678. The number of hydrogen-bond acceptors (Lipinski definition) is 8. The van der Waals surface area contributed by atoms with Gasteiger partial charge in [0.1, 0.15) is 22.2 Å². The van der Waals surface area contributed by atoms with Gasteiger partial charge >= 0.3 is 11.7 Å². The Morgan fingerprint density at radius 3 is 2.57 bits per heavy atom. The number of fused-ring (bicyclic) bond motifs is 1. The smallest absolute Gasteiger partial charge is 0.333 e. The standard InChI is InChI=1S/C26H29BrN2O7S/c1-15-20-22(30)29(26(10-11-26)24(31)34-3)25(32)28(23(20)37-21(15)27)14-19(36-16-8-12-35-13-9-16)17-6-4-5-7-18(17)33-2/h4-7,16,19H,8-14H2,1-3H3. The number of hydrogen-bond donors (Lipinski definition) is 0. The average molecular weight is 593 g/mol. The third-order valence-electron chi connectivity index (χ3n) is 7.23. The van der Waals surface area contributed by atoms with E-state index in [2.05, 4.69) is 15.9 Å². The number of rotatable bonds is 8. The molecule has 0 N–H and O–H groups in total. The zero-order chi connectivity index (χ0) is 26.3. The van der Waals surface area contributed by atoms with E-state index in [0.717, 1.165) is 32.3 Å². The maximum atomic E-state index is 14.0. The summed E-state index contributed by atoms with van der Waals surface area (Å²) in [5, 5.41) is 0.413. The van der Waals surface area contributed by atoms with Crippen LogP contribution in [0.2, 0.25) is 0 Å².